The number of hydrogen-bond donors (Lipinski definition) is 1. The minimum absolute atomic E-state index is 0.108. The number of amides is 2. The second kappa shape index (κ2) is 8.50. The number of aromatic nitrogens is 4. The number of thioether (sulfide) groups is 1. The average Bonchev–Trinajstić information content (AvgIpc) is 3.40. The lowest BCUT2D eigenvalue weighted by Gasteiger charge is -2.16. The Morgan fingerprint density at radius 1 is 1.16 bits per heavy atom. The van der Waals surface area contributed by atoms with Gasteiger partial charge in [-0.05, 0) is 55.7 Å². The summed E-state index contributed by atoms with van der Waals surface area (Å²) in [5.74, 6) is 1.08. The first-order valence-electron chi connectivity index (χ1n) is 10.4. The highest BCUT2D eigenvalue weighted by atomic mass is 32.2. The topological polar surface area (TPSA) is 93.0 Å². The molecular weight excluding hydrogens is 412 g/mol. The zero-order valence-corrected chi connectivity index (χ0v) is 17.7. The van der Waals surface area contributed by atoms with E-state index in [-0.39, 0.29) is 17.6 Å². The van der Waals surface area contributed by atoms with Gasteiger partial charge in [-0.15, -0.1) is 10.2 Å². The molecule has 2 amide bonds. The molecule has 0 atom stereocenters. The Hall–Kier alpha value is -3.20. The molecule has 2 aromatic heterocycles. The lowest BCUT2D eigenvalue weighted by molar-refractivity contribution is -0.117. The Balaban J connectivity index is 1.22. The molecule has 158 valence electrons. The van der Waals surface area contributed by atoms with Crippen molar-refractivity contribution in [1.82, 2.24) is 19.7 Å². The molecule has 1 saturated carbocycles. The molecule has 3 heterocycles. The number of rotatable bonds is 7. The predicted octanol–water partition coefficient (Wildman–Crippen LogP) is 3.53. The van der Waals surface area contributed by atoms with Crippen LogP contribution in [0.15, 0.2) is 53.9 Å². The van der Waals surface area contributed by atoms with E-state index in [2.05, 4.69) is 25.1 Å². The van der Waals surface area contributed by atoms with E-state index in [1.54, 1.807) is 17.3 Å². The Labute approximate surface area is 184 Å². The van der Waals surface area contributed by atoms with Crippen molar-refractivity contribution in [3.8, 4) is 11.4 Å². The molecule has 0 spiro atoms. The van der Waals surface area contributed by atoms with Crippen molar-refractivity contribution in [3.63, 3.8) is 0 Å². The Bertz CT molecular complexity index is 1090. The number of anilines is 2. The summed E-state index contributed by atoms with van der Waals surface area (Å²) >= 11 is 1.39. The third-order valence-corrected chi connectivity index (χ3v) is 6.31. The van der Waals surface area contributed by atoms with Gasteiger partial charge in [0.15, 0.2) is 11.0 Å². The highest BCUT2D eigenvalue weighted by molar-refractivity contribution is 7.99. The summed E-state index contributed by atoms with van der Waals surface area (Å²) in [7, 11) is 0. The highest BCUT2D eigenvalue weighted by Gasteiger charge is 2.30. The molecule has 31 heavy (non-hydrogen) atoms. The van der Waals surface area contributed by atoms with E-state index in [1.165, 1.54) is 11.8 Å². The second-order valence-electron chi connectivity index (χ2n) is 7.68. The fourth-order valence-corrected chi connectivity index (χ4v) is 4.51. The first kappa shape index (κ1) is 19.7. The van der Waals surface area contributed by atoms with Gasteiger partial charge in [-0.2, -0.15) is 0 Å². The van der Waals surface area contributed by atoms with Crippen LogP contribution >= 0.6 is 11.8 Å². The van der Waals surface area contributed by atoms with Crippen molar-refractivity contribution in [1.29, 1.82) is 0 Å². The van der Waals surface area contributed by atoms with Crippen LogP contribution in [0.25, 0.3) is 11.4 Å². The van der Waals surface area contributed by atoms with Crippen LogP contribution in [-0.4, -0.2) is 43.9 Å². The summed E-state index contributed by atoms with van der Waals surface area (Å²) in [6.45, 7) is 0.754. The summed E-state index contributed by atoms with van der Waals surface area (Å²) < 4.78 is 2.12. The molecule has 1 saturated heterocycles. The Morgan fingerprint density at radius 3 is 2.68 bits per heavy atom. The summed E-state index contributed by atoms with van der Waals surface area (Å²) in [5.41, 5.74) is 2.51. The number of nitrogens with zero attached hydrogens (tertiary/aromatic N) is 5. The van der Waals surface area contributed by atoms with E-state index in [1.807, 2.05) is 36.4 Å². The van der Waals surface area contributed by atoms with Crippen LogP contribution in [0.3, 0.4) is 0 Å². The van der Waals surface area contributed by atoms with Gasteiger partial charge in [-0.1, -0.05) is 11.8 Å². The quantitative estimate of drug-likeness (QED) is 0.572. The molecule has 9 heteroatoms. The molecule has 1 aliphatic heterocycles. The van der Waals surface area contributed by atoms with Gasteiger partial charge in [0.25, 0.3) is 0 Å². The fraction of sp³-hybridized carbons (Fsp3) is 0.318. The van der Waals surface area contributed by atoms with Crippen LogP contribution in [0, 0.1) is 0 Å². The van der Waals surface area contributed by atoms with Gasteiger partial charge in [-0.25, -0.2) is 0 Å². The second-order valence-corrected chi connectivity index (χ2v) is 8.62. The number of nitrogens with one attached hydrogen (secondary N) is 1. The number of pyridine rings is 1. The maximum atomic E-state index is 12.5. The van der Waals surface area contributed by atoms with E-state index in [0.29, 0.717) is 18.2 Å². The fourth-order valence-electron chi connectivity index (χ4n) is 3.70. The van der Waals surface area contributed by atoms with Gasteiger partial charge in [0.2, 0.25) is 11.8 Å². The Kier molecular flexibility index (Phi) is 5.42. The third-order valence-electron chi connectivity index (χ3n) is 5.36. The van der Waals surface area contributed by atoms with Gasteiger partial charge in [0.1, 0.15) is 0 Å². The molecule has 0 bridgehead atoms. The standard InChI is InChI=1S/C22H22N6O2S/c29-19(24-16-5-7-17(8-6-16)27-12-2-4-20(27)30)14-31-22-26-25-21(28(22)18-9-10-18)15-3-1-11-23-13-15/h1,3,5-8,11,13,18H,2,4,9-10,12,14H2,(H,24,29). The van der Waals surface area contributed by atoms with Gasteiger partial charge in [0.05, 0.1) is 5.75 Å². The maximum Gasteiger partial charge on any atom is 0.234 e. The van der Waals surface area contributed by atoms with Crippen LogP contribution in [-0.2, 0) is 9.59 Å². The van der Waals surface area contributed by atoms with Gasteiger partial charge in [0, 0.05) is 48.3 Å². The number of hydrogen-bond acceptors (Lipinski definition) is 6. The van der Waals surface area contributed by atoms with Crippen molar-refractivity contribution >= 4 is 35.0 Å². The van der Waals surface area contributed by atoms with Crippen molar-refractivity contribution < 1.29 is 9.59 Å². The zero-order valence-electron chi connectivity index (χ0n) is 16.9. The number of carbonyl (C=O) groups is 2. The van der Waals surface area contributed by atoms with E-state index in [4.69, 9.17) is 0 Å². The Morgan fingerprint density at radius 2 is 2.00 bits per heavy atom. The summed E-state index contributed by atoms with van der Waals surface area (Å²) in [4.78, 5) is 30.3. The molecule has 8 nitrogen and oxygen atoms in total. The van der Waals surface area contributed by atoms with Crippen LogP contribution in [0.4, 0.5) is 11.4 Å². The van der Waals surface area contributed by atoms with Gasteiger partial charge < -0.3 is 10.2 Å². The average molecular weight is 435 g/mol. The molecule has 2 fully saturated rings. The SMILES string of the molecule is O=C(CSc1nnc(-c2cccnc2)n1C1CC1)Nc1ccc(N2CCCC2=O)cc1. The first-order valence-corrected chi connectivity index (χ1v) is 11.4. The molecule has 0 radical (unpaired) electrons. The van der Waals surface area contributed by atoms with Crippen molar-refractivity contribution in [2.45, 2.75) is 36.9 Å². The van der Waals surface area contributed by atoms with Crippen LogP contribution in [0.2, 0.25) is 0 Å². The predicted molar refractivity (Wildman–Crippen MR) is 119 cm³/mol. The third kappa shape index (κ3) is 4.32. The first-order chi connectivity index (χ1) is 15.2. The van der Waals surface area contributed by atoms with Crippen molar-refractivity contribution in [2.75, 3.05) is 22.5 Å². The lowest BCUT2D eigenvalue weighted by Crippen LogP contribution is -2.23. The minimum atomic E-state index is -0.108. The van der Waals surface area contributed by atoms with E-state index in [0.717, 1.165) is 48.0 Å². The zero-order chi connectivity index (χ0) is 21.2. The number of benzene rings is 1. The number of carbonyl (C=O) groups excluding carboxylic acids is 2. The van der Waals surface area contributed by atoms with Crippen molar-refractivity contribution in [3.05, 3.63) is 48.8 Å². The molecule has 1 N–H and O–H groups in total. The molecule has 1 aromatic carbocycles. The maximum absolute atomic E-state index is 12.5. The van der Waals surface area contributed by atoms with Gasteiger partial charge in [-0.3, -0.25) is 19.1 Å². The van der Waals surface area contributed by atoms with Crippen molar-refractivity contribution in [2.24, 2.45) is 0 Å². The molecular formula is C22H22N6O2S. The molecule has 5 rings (SSSR count). The molecule has 3 aromatic rings. The smallest absolute Gasteiger partial charge is 0.234 e. The molecule has 0 unspecified atom stereocenters. The molecule has 2 aliphatic rings. The van der Waals surface area contributed by atoms with Crippen LogP contribution in [0.5, 0.6) is 0 Å². The van der Waals surface area contributed by atoms with Crippen LogP contribution in [0.1, 0.15) is 31.7 Å². The van der Waals surface area contributed by atoms with E-state index < -0.39 is 0 Å². The largest absolute Gasteiger partial charge is 0.325 e. The summed E-state index contributed by atoms with van der Waals surface area (Å²) in [6.07, 6.45) is 7.19. The lowest BCUT2D eigenvalue weighted by atomic mass is 10.2. The normalized spacial score (nSPS) is 16.0. The minimum Gasteiger partial charge on any atom is -0.325 e. The van der Waals surface area contributed by atoms with E-state index in [9.17, 15) is 9.59 Å². The highest BCUT2D eigenvalue weighted by Crippen LogP contribution is 2.40. The summed E-state index contributed by atoms with van der Waals surface area (Å²) in [6, 6.07) is 11.6. The monoisotopic (exact) mass is 434 g/mol. The summed E-state index contributed by atoms with van der Waals surface area (Å²) in [5, 5.41) is 12.3. The molecule has 1 aliphatic carbocycles. The van der Waals surface area contributed by atoms with Gasteiger partial charge >= 0.3 is 0 Å². The van der Waals surface area contributed by atoms with Crippen LogP contribution < -0.4 is 10.2 Å². The van der Waals surface area contributed by atoms with E-state index >= 15 is 0 Å².